The van der Waals surface area contributed by atoms with Gasteiger partial charge in [-0.15, -0.1) is 11.3 Å². The second-order valence-electron chi connectivity index (χ2n) is 6.98. The van der Waals surface area contributed by atoms with Gasteiger partial charge < -0.3 is 10.6 Å². The standard InChI is InChI=1S/C20H22FN3OS/c1-12(2)19(13-6-8-14(21)9-7-13)23-11-18(25)24-20-16(10-22)15-4-3-5-17(15)26-20/h6-9,12,19,23H,3-5,11H2,1-2H3,(H,24,25)/p+1/t19-/m1/s1. The van der Waals surface area contributed by atoms with E-state index in [1.807, 2.05) is 5.32 Å². The van der Waals surface area contributed by atoms with Crippen molar-refractivity contribution in [2.45, 2.75) is 39.2 Å². The Morgan fingerprint density at radius 3 is 2.73 bits per heavy atom. The highest BCUT2D eigenvalue weighted by molar-refractivity contribution is 7.16. The average Bonchev–Trinajstić information content (AvgIpc) is 3.16. The minimum absolute atomic E-state index is 0.0742. The number of carbonyl (C=O) groups excluding carboxylic acids is 1. The van der Waals surface area contributed by atoms with E-state index in [4.69, 9.17) is 0 Å². The largest absolute Gasteiger partial charge is 0.332 e. The third-order valence-corrected chi connectivity index (χ3v) is 6.02. The van der Waals surface area contributed by atoms with Crippen LogP contribution in [0.2, 0.25) is 0 Å². The first-order valence-electron chi connectivity index (χ1n) is 8.93. The number of hydrogen-bond acceptors (Lipinski definition) is 3. The van der Waals surface area contributed by atoms with Gasteiger partial charge in [0.2, 0.25) is 0 Å². The highest BCUT2D eigenvalue weighted by Crippen LogP contribution is 2.38. The number of anilines is 1. The maximum Gasteiger partial charge on any atom is 0.280 e. The van der Waals surface area contributed by atoms with E-state index < -0.39 is 0 Å². The fourth-order valence-corrected chi connectivity index (χ4v) is 4.76. The summed E-state index contributed by atoms with van der Waals surface area (Å²) >= 11 is 1.53. The maximum absolute atomic E-state index is 13.1. The number of nitrogens with two attached hydrogens (primary N) is 1. The monoisotopic (exact) mass is 372 g/mol. The SMILES string of the molecule is CC(C)[C@@H]([NH2+]CC(=O)Nc1sc2c(c1C#N)CCC2)c1ccc(F)cc1. The van der Waals surface area contributed by atoms with Crippen molar-refractivity contribution in [1.29, 1.82) is 5.26 Å². The number of benzene rings is 1. The van der Waals surface area contributed by atoms with Gasteiger partial charge in [-0.2, -0.15) is 5.26 Å². The molecule has 4 nitrogen and oxygen atoms in total. The summed E-state index contributed by atoms with van der Waals surface area (Å²) in [5.74, 6) is -0.0774. The predicted molar refractivity (Wildman–Crippen MR) is 100 cm³/mol. The molecular weight excluding hydrogens is 349 g/mol. The van der Waals surface area contributed by atoms with Gasteiger partial charge in [0, 0.05) is 16.4 Å². The molecule has 0 unspecified atom stereocenters. The number of fused-ring (bicyclic) bond motifs is 1. The summed E-state index contributed by atoms with van der Waals surface area (Å²) in [5.41, 5.74) is 2.75. The van der Waals surface area contributed by atoms with E-state index in [0.29, 0.717) is 16.5 Å². The zero-order chi connectivity index (χ0) is 18.7. The number of quaternary nitrogens is 1. The summed E-state index contributed by atoms with van der Waals surface area (Å²) in [6, 6.07) is 8.76. The van der Waals surface area contributed by atoms with E-state index in [1.54, 1.807) is 12.1 Å². The van der Waals surface area contributed by atoms with Crippen molar-refractivity contribution in [2.24, 2.45) is 5.92 Å². The Morgan fingerprint density at radius 2 is 2.08 bits per heavy atom. The zero-order valence-corrected chi connectivity index (χ0v) is 15.8. The third-order valence-electron chi connectivity index (χ3n) is 4.82. The molecule has 0 saturated carbocycles. The molecule has 3 N–H and O–H groups in total. The van der Waals surface area contributed by atoms with Crippen molar-refractivity contribution < 1.29 is 14.5 Å². The van der Waals surface area contributed by atoms with Gasteiger partial charge in [0.15, 0.2) is 6.54 Å². The quantitative estimate of drug-likeness (QED) is 0.818. The fourth-order valence-electron chi connectivity index (χ4n) is 3.50. The Hall–Kier alpha value is -2.23. The van der Waals surface area contributed by atoms with Gasteiger partial charge in [-0.25, -0.2) is 4.39 Å². The van der Waals surface area contributed by atoms with Crippen LogP contribution in [0.25, 0.3) is 0 Å². The van der Waals surface area contributed by atoms with Gasteiger partial charge >= 0.3 is 0 Å². The number of halogens is 1. The number of aryl methyl sites for hydroxylation is 1. The highest BCUT2D eigenvalue weighted by Gasteiger charge is 2.24. The number of rotatable bonds is 6. The minimum atomic E-state index is -0.260. The van der Waals surface area contributed by atoms with Crippen molar-refractivity contribution in [3.8, 4) is 6.07 Å². The van der Waals surface area contributed by atoms with Gasteiger partial charge in [0.25, 0.3) is 5.91 Å². The molecule has 1 heterocycles. The van der Waals surface area contributed by atoms with E-state index in [1.165, 1.54) is 28.3 Å². The number of carbonyl (C=O) groups is 1. The number of nitrogens with zero attached hydrogens (tertiary/aromatic N) is 1. The van der Waals surface area contributed by atoms with E-state index >= 15 is 0 Å². The Balaban J connectivity index is 1.64. The number of amides is 1. The molecular formula is C20H23FN3OS+. The summed E-state index contributed by atoms with van der Waals surface area (Å²) < 4.78 is 13.1. The summed E-state index contributed by atoms with van der Waals surface area (Å²) in [5, 5.41) is 15.0. The molecule has 0 fully saturated rings. The molecule has 136 valence electrons. The van der Waals surface area contributed by atoms with Crippen LogP contribution >= 0.6 is 11.3 Å². The first kappa shape index (κ1) is 18.6. The van der Waals surface area contributed by atoms with Crippen molar-refractivity contribution in [2.75, 3.05) is 11.9 Å². The molecule has 6 heteroatoms. The highest BCUT2D eigenvalue weighted by atomic mass is 32.1. The lowest BCUT2D eigenvalue weighted by Gasteiger charge is -2.19. The summed E-state index contributed by atoms with van der Waals surface area (Å²) in [6.07, 6.45) is 3.01. The zero-order valence-electron chi connectivity index (χ0n) is 15.0. The molecule has 0 bridgehead atoms. The molecule has 26 heavy (non-hydrogen) atoms. The Kier molecular flexibility index (Phi) is 5.70. The normalized spacial score (nSPS) is 14.1. The summed E-state index contributed by atoms with van der Waals surface area (Å²) in [6.45, 7) is 4.42. The fraction of sp³-hybridized carbons (Fsp3) is 0.400. The second kappa shape index (κ2) is 7.98. The average molecular weight is 372 g/mol. The van der Waals surface area contributed by atoms with E-state index in [9.17, 15) is 14.4 Å². The Morgan fingerprint density at radius 1 is 1.35 bits per heavy atom. The van der Waals surface area contributed by atoms with Crippen LogP contribution in [0.3, 0.4) is 0 Å². The smallest absolute Gasteiger partial charge is 0.280 e. The molecule has 2 aromatic rings. The van der Waals surface area contributed by atoms with Crippen molar-refractivity contribution >= 4 is 22.2 Å². The number of thiophene rings is 1. The molecule has 0 saturated heterocycles. The molecule has 3 rings (SSSR count). The van der Waals surface area contributed by atoms with Gasteiger partial charge in [-0.05, 0) is 37.0 Å². The van der Waals surface area contributed by atoms with Crippen LogP contribution in [0.15, 0.2) is 24.3 Å². The minimum Gasteiger partial charge on any atom is -0.332 e. The van der Waals surface area contributed by atoms with Crippen molar-refractivity contribution in [1.82, 2.24) is 0 Å². The van der Waals surface area contributed by atoms with Gasteiger partial charge in [0.05, 0.1) is 5.56 Å². The van der Waals surface area contributed by atoms with Crippen LogP contribution in [0, 0.1) is 23.1 Å². The lowest BCUT2D eigenvalue weighted by molar-refractivity contribution is -0.692. The summed E-state index contributed by atoms with van der Waals surface area (Å²) in [4.78, 5) is 13.6. The lowest BCUT2D eigenvalue weighted by atomic mass is 9.96. The van der Waals surface area contributed by atoms with E-state index in [-0.39, 0.29) is 24.3 Å². The van der Waals surface area contributed by atoms with Crippen LogP contribution in [0.5, 0.6) is 0 Å². The molecule has 1 aliphatic rings. The van der Waals surface area contributed by atoms with Crippen molar-refractivity contribution in [3.05, 3.63) is 51.7 Å². The lowest BCUT2D eigenvalue weighted by Crippen LogP contribution is -2.88. The number of nitriles is 1. The molecule has 1 aromatic carbocycles. The van der Waals surface area contributed by atoms with E-state index in [2.05, 4.69) is 25.2 Å². The molecule has 1 aliphatic carbocycles. The van der Waals surface area contributed by atoms with Crippen LogP contribution in [0.1, 0.15) is 47.9 Å². The van der Waals surface area contributed by atoms with Crippen molar-refractivity contribution in [3.63, 3.8) is 0 Å². The van der Waals surface area contributed by atoms with Gasteiger partial charge in [-0.1, -0.05) is 26.0 Å². The Bertz CT molecular complexity index is 836. The second-order valence-corrected chi connectivity index (χ2v) is 8.09. The first-order valence-corrected chi connectivity index (χ1v) is 9.74. The summed E-state index contributed by atoms with van der Waals surface area (Å²) in [7, 11) is 0. The Labute approximate surface area is 157 Å². The third kappa shape index (κ3) is 3.95. The maximum atomic E-state index is 13.1. The van der Waals surface area contributed by atoms with Crippen LogP contribution < -0.4 is 10.6 Å². The number of hydrogen-bond donors (Lipinski definition) is 2. The molecule has 1 atom stereocenters. The molecule has 0 spiro atoms. The predicted octanol–water partition coefficient (Wildman–Crippen LogP) is 3.15. The number of nitrogens with one attached hydrogen (secondary N) is 1. The van der Waals surface area contributed by atoms with Crippen LogP contribution in [-0.4, -0.2) is 12.5 Å². The topological polar surface area (TPSA) is 69.5 Å². The molecule has 1 amide bonds. The molecule has 1 aromatic heterocycles. The first-order chi connectivity index (χ1) is 12.5. The van der Waals surface area contributed by atoms with E-state index in [0.717, 1.165) is 30.4 Å². The van der Waals surface area contributed by atoms with Gasteiger partial charge in [-0.3, -0.25) is 4.79 Å². The van der Waals surface area contributed by atoms with Crippen LogP contribution in [0.4, 0.5) is 9.39 Å². The van der Waals surface area contributed by atoms with Crippen LogP contribution in [-0.2, 0) is 17.6 Å². The molecule has 0 radical (unpaired) electrons. The molecule has 0 aliphatic heterocycles. The van der Waals surface area contributed by atoms with Gasteiger partial charge in [0.1, 0.15) is 22.9 Å².